The lowest BCUT2D eigenvalue weighted by molar-refractivity contribution is -0.134. The highest BCUT2D eigenvalue weighted by Gasteiger charge is 2.22. The molecule has 0 spiro atoms. The molecule has 4 nitrogen and oxygen atoms in total. The SMILES string of the molecule is CC(Cc1cccs1)NC(=O)C1CNCCO1.Cl. The first-order valence-electron chi connectivity index (χ1n) is 5.91. The van der Waals surface area contributed by atoms with Crippen molar-refractivity contribution < 1.29 is 9.53 Å². The van der Waals surface area contributed by atoms with Crippen LogP contribution in [0.1, 0.15) is 11.8 Å². The molecule has 1 saturated heterocycles. The molecule has 2 unspecified atom stereocenters. The second-order valence-corrected chi connectivity index (χ2v) is 5.29. The van der Waals surface area contributed by atoms with Crippen LogP contribution in [0.2, 0.25) is 0 Å². The molecule has 6 heteroatoms. The molecule has 0 aromatic carbocycles. The summed E-state index contributed by atoms with van der Waals surface area (Å²) in [6, 6.07) is 4.26. The van der Waals surface area contributed by atoms with Gasteiger partial charge in [0.05, 0.1) is 6.61 Å². The smallest absolute Gasteiger partial charge is 0.250 e. The molecule has 1 aliphatic heterocycles. The Bertz CT molecular complexity index is 353. The van der Waals surface area contributed by atoms with Gasteiger partial charge in [0.25, 0.3) is 5.91 Å². The summed E-state index contributed by atoms with van der Waals surface area (Å²) in [5.41, 5.74) is 0. The first-order chi connectivity index (χ1) is 8.25. The third-order valence-corrected chi connectivity index (χ3v) is 3.59. The Labute approximate surface area is 118 Å². The van der Waals surface area contributed by atoms with Crippen molar-refractivity contribution in [2.24, 2.45) is 0 Å². The summed E-state index contributed by atoms with van der Waals surface area (Å²) >= 11 is 1.72. The van der Waals surface area contributed by atoms with Crippen molar-refractivity contribution >= 4 is 29.7 Å². The van der Waals surface area contributed by atoms with E-state index >= 15 is 0 Å². The van der Waals surface area contributed by atoms with Crippen LogP contribution in [0.5, 0.6) is 0 Å². The van der Waals surface area contributed by atoms with Crippen molar-refractivity contribution in [3.63, 3.8) is 0 Å². The molecule has 0 saturated carbocycles. The zero-order valence-corrected chi connectivity index (χ0v) is 12.0. The van der Waals surface area contributed by atoms with E-state index in [1.807, 2.05) is 13.0 Å². The summed E-state index contributed by atoms with van der Waals surface area (Å²) in [6.45, 7) is 4.07. The Hall–Kier alpha value is -0.620. The van der Waals surface area contributed by atoms with Crippen molar-refractivity contribution in [3.8, 4) is 0 Å². The van der Waals surface area contributed by atoms with Crippen LogP contribution in [-0.2, 0) is 16.0 Å². The molecule has 2 heterocycles. The zero-order valence-electron chi connectivity index (χ0n) is 10.3. The van der Waals surface area contributed by atoms with Crippen molar-refractivity contribution in [1.82, 2.24) is 10.6 Å². The van der Waals surface area contributed by atoms with Crippen molar-refractivity contribution in [2.45, 2.75) is 25.5 Å². The van der Waals surface area contributed by atoms with Gasteiger partial charge in [0.2, 0.25) is 0 Å². The molecule has 1 amide bonds. The third-order valence-electron chi connectivity index (χ3n) is 2.70. The maximum absolute atomic E-state index is 11.9. The minimum absolute atomic E-state index is 0. The average Bonchev–Trinajstić information content (AvgIpc) is 2.82. The first kappa shape index (κ1) is 15.4. The Kier molecular flexibility index (Phi) is 6.63. The number of carbonyl (C=O) groups excluding carboxylic acids is 1. The largest absolute Gasteiger partial charge is 0.366 e. The second-order valence-electron chi connectivity index (χ2n) is 4.26. The molecule has 1 fully saturated rings. The van der Waals surface area contributed by atoms with E-state index in [0.717, 1.165) is 13.0 Å². The lowest BCUT2D eigenvalue weighted by Crippen LogP contribution is -2.50. The molecule has 102 valence electrons. The summed E-state index contributed by atoms with van der Waals surface area (Å²) in [5, 5.41) is 8.19. The highest BCUT2D eigenvalue weighted by Crippen LogP contribution is 2.11. The Morgan fingerprint density at radius 3 is 3.17 bits per heavy atom. The third kappa shape index (κ3) is 4.57. The van der Waals surface area contributed by atoms with E-state index in [2.05, 4.69) is 22.1 Å². The van der Waals surface area contributed by atoms with Gasteiger partial charge in [0, 0.05) is 30.4 Å². The van der Waals surface area contributed by atoms with Gasteiger partial charge in [-0.25, -0.2) is 0 Å². The fourth-order valence-electron chi connectivity index (χ4n) is 1.85. The lowest BCUT2D eigenvalue weighted by atomic mass is 10.2. The van der Waals surface area contributed by atoms with Gasteiger partial charge < -0.3 is 15.4 Å². The number of halogens is 1. The lowest BCUT2D eigenvalue weighted by Gasteiger charge is -2.24. The van der Waals surface area contributed by atoms with E-state index in [9.17, 15) is 4.79 Å². The van der Waals surface area contributed by atoms with Crippen LogP contribution >= 0.6 is 23.7 Å². The summed E-state index contributed by atoms with van der Waals surface area (Å²) in [5.74, 6) is -0.0127. The number of thiophene rings is 1. The van der Waals surface area contributed by atoms with Crippen LogP contribution in [0.3, 0.4) is 0 Å². The fraction of sp³-hybridized carbons (Fsp3) is 0.583. The van der Waals surface area contributed by atoms with Crippen LogP contribution in [0.25, 0.3) is 0 Å². The number of rotatable bonds is 4. The van der Waals surface area contributed by atoms with E-state index < -0.39 is 0 Å². The standard InChI is InChI=1S/C12H18N2O2S.ClH/c1-9(7-10-3-2-6-17-10)14-12(15)11-8-13-4-5-16-11;/h2-3,6,9,11,13H,4-5,7-8H2,1H3,(H,14,15);1H. The van der Waals surface area contributed by atoms with Crippen LogP contribution in [0.4, 0.5) is 0 Å². The predicted octanol–water partition coefficient (Wildman–Crippen LogP) is 1.21. The van der Waals surface area contributed by atoms with Gasteiger partial charge in [-0.05, 0) is 18.4 Å². The zero-order chi connectivity index (χ0) is 12.1. The molecule has 1 aromatic rings. The van der Waals surface area contributed by atoms with E-state index in [0.29, 0.717) is 13.2 Å². The number of nitrogens with one attached hydrogen (secondary N) is 2. The molecular formula is C12H19ClN2O2S. The van der Waals surface area contributed by atoms with Gasteiger partial charge in [0.1, 0.15) is 6.10 Å². The minimum atomic E-state index is -0.338. The molecule has 18 heavy (non-hydrogen) atoms. The van der Waals surface area contributed by atoms with E-state index in [1.165, 1.54) is 4.88 Å². The van der Waals surface area contributed by atoms with Crippen LogP contribution < -0.4 is 10.6 Å². The Morgan fingerprint density at radius 2 is 2.56 bits per heavy atom. The Balaban J connectivity index is 0.00000162. The van der Waals surface area contributed by atoms with Crippen LogP contribution in [-0.4, -0.2) is 37.7 Å². The van der Waals surface area contributed by atoms with Crippen LogP contribution in [0, 0.1) is 0 Å². The maximum atomic E-state index is 11.9. The average molecular weight is 291 g/mol. The van der Waals surface area contributed by atoms with Gasteiger partial charge in [-0.1, -0.05) is 6.07 Å². The number of amides is 1. The fourth-order valence-corrected chi connectivity index (χ4v) is 2.69. The van der Waals surface area contributed by atoms with Crippen molar-refractivity contribution in [2.75, 3.05) is 19.7 Å². The molecule has 0 bridgehead atoms. The first-order valence-corrected chi connectivity index (χ1v) is 6.79. The molecule has 2 rings (SSSR count). The van der Waals surface area contributed by atoms with Gasteiger partial charge in [-0.2, -0.15) is 0 Å². The quantitative estimate of drug-likeness (QED) is 0.876. The topological polar surface area (TPSA) is 50.4 Å². The normalized spacial score (nSPS) is 20.8. The molecule has 0 aliphatic carbocycles. The van der Waals surface area contributed by atoms with E-state index in [-0.39, 0.29) is 30.5 Å². The second kappa shape index (κ2) is 7.74. The summed E-state index contributed by atoms with van der Waals surface area (Å²) in [6.07, 6.45) is 0.540. The van der Waals surface area contributed by atoms with E-state index in [4.69, 9.17) is 4.74 Å². The summed E-state index contributed by atoms with van der Waals surface area (Å²) in [7, 11) is 0. The van der Waals surface area contributed by atoms with Gasteiger partial charge >= 0.3 is 0 Å². The van der Waals surface area contributed by atoms with Gasteiger partial charge in [-0.15, -0.1) is 23.7 Å². The Morgan fingerprint density at radius 1 is 1.72 bits per heavy atom. The van der Waals surface area contributed by atoms with Gasteiger partial charge in [0.15, 0.2) is 0 Å². The molecule has 1 aliphatic rings. The number of ether oxygens (including phenoxy) is 1. The summed E-state index contributed by atoms with van der Waals surface area (Å²) < 4.78 is 5.40. The summed E-state index contributed by atoms with van der Waals surface area (Å²) in [4.78, 5) is 13.2. The number of carbonyl (C=O) groups is 1. The molecule has 1 aromatic heterocycles. The van der Waals surface area contributed by atoms with Crippen molar-refractivity contribution in [1.29, 1.82) is 0 Å². The number of hydrogen-bond donors (Lipinski definition) is 2. The predicted molar refractivity (Wildman–Crippen MR) is 75.5 cm³/mol. The highest BCUT2D eigenvalue weighted by atomic mass is 35.5. The minimum Gasteiger partial charge on any atom is -0.366 e. The van der Waals surface area contributed by atoms with Crippen LogP contribution in [0.15, 0.2) is 17.5 Å². The molecular weight excluding hydrogens is 272 g/mol. The number of hydrogen-bond acceptors (Lipinski definition) is 4. The molecule has 0 radical (unpaired) electrons. The number of morpholine rings is 1. The monoisotopic (exact) mass is 290 g/mol. The molecule has 2 N–H and O–H groups in total. The van der Waals surface area contributed by atoms with Crippen molar-refractivity contribution in [3.05, 3.63) is 22.4 Å². The molecule has 2 atom stereocenters. The maximum Gasteiger partial charge on any atom is 0.250 e. The van der Waals surface area contributed by atoms with E-state index in [1.54, 1.807) is 11.3 Å². The van der Waals surface area contributed by atoms with Gasteiger partial charge in [-0.3, -0.25) is 4.79 Å². The highest BCUT2D eigenvalue weighted by molar-refractivity contribution is 7.09.